The molecule has 8 heteroatoms. The van der Waals surface area contributed by atoms with Gasteiger partial charge in [-0.15, -0.1) is 0 Å². The molecule has 0 spiro atoms. The number of carbonyl (C=O) groups is 2. The molecule has 1 saturated heterocycles. The van der Waals surface area contributed by atoms with Gasteiger partial charge < -0.3 is 24.6 Å². The third-order valence-electron chi connectivity index (χ3n) is 7.87. The summed E-state index contributed by atoms with van der Waals surface area (Å²) in [5, 5.41) is 13.8. The van der Waals surface area contributed by atoms with Gasteiger partial charge in [0.1, 0.15) is 5.75 Å². The number of hydrogen-bond acceptors (Lipinski definition) is 6. The van der Waals surface area contributed by atoms with Crippen LogP contribution in [0.3, 0.4) is 0 Å². The first-order valence-corrected chi connectivity index (χ1v) is 14.0. The van der Waals surface area contributed by atoms with Gasteiger partial charge in [0.15, 0.2) is 11.5 Å². The molecule has 3 aromatic rings. The highest BCUT2D eigenvalue weighted by molar-refractivity contribution is 5.79. The van der Waals surface area contributed by atoms with E-state index in [2.05, 4.69) is 26.1 Å². The molecule has 41 heavy (non-hydrogen) atoms. The number of hydrogen-bond donors (Lipinski definition) is 2. The Kier molecular flexibility index (Phi) is 8.22. The lowest BCUT2D eigenvalue weighted by molar-refractivity contribution is -0.143. The highest BCUT2D eigenvalue weighted by atomic mass is 16.7. The van der Waals surface area contributed by atoms with Gasteiger partial charge in [-0.05, 0) is 52.8 Å². The molecule has 1 fully saturated rings. The predicted octanol–water partition coefficient (Wildman–Crippen LogP) is 5.56. The first-order valence-electron chi connectivity index (χ1n) is 14.0. The molecule has 3 aromatic carbocycles. The molecule has 4 atom stereocenters. The van der Waals surface area contributed by atoms with Gasteiger partial charge in [-0.2, -0.15) is 0 Å². The van der Waals surface area contributed by atoms with E-state index in [9.17, 15) is 14.7 Å². The van der Waals surface area contributed by atoms with Gasteiger partial charge in [0.2, 0.25) is 12.7 Å². The monoisotopic (exact) mass is 558 g/mol. The molecule has 216 valence electrons. The summed E-state index contributed by atoms with van der Waals surface area (Å²) in [4.78, 5) is 28.5. The fourth-order valence-corrected chi connectivity index (χ4v) is 6.05. The number of benzene rings is 3. The number of likely N-dealkylation sites (tertiary alicyclic amines) is 1. The number of fused-ring (bicyclic) bond motifs is 1. The molecule has 2 N–H and O–H groups in total. The second kappa shape index (κ2) is 11.8. The molecule has 5 rings (SSSR count). The first-order chi connectivity index (χ1) is 19.6. The van der Waals surface area contributed by atoms with Crippen molar-refractivity contribution in [1.82, 2.24) is 10.2 Å². The lowest BCUT2D eigenvalue weighted by Crippen LogP contribution is -2.40. The zero-order valence-corrected chi connectivity index (χ0v) is 24.0. The largest absolute Gasteiger partial charge is 0.497 e. The zero-order valence-electron chi connectivity index (χ0n) is 24.0. The minimum atomic E-state index is -0.911. The molecule has 0 saturated carbocycles. The van der Waals surface area contributed by atoms with E-state index in [0.29, 0.717) is 23.8 Å². The Morgan fingerprint density at radius 1 is 1.00 bits per heavy atom. The number of carboxylic acids is 1. The Hall–Kier alpha value is -4.04. The molecule has 0 radical (unpaired) electrons. The van der Waals surface area contributed by atoms with Crippen molar-refractivity contribution in [3.05, 3.63) is 89.5 Å². The molecule has 2 aliphatic heterocycles. The molecule has 1 unspecified atom stereocenters. The van der Waals surface area contributed by atoms with Crippen molar-refractivity contribution in [3.8, 4) is 17.2 Å². The summed E-state index contributed by atoms with van der Waals surface area (Å²) in [5.74, 6) is -0.256. The van der Waals surface area contributed by atoms with Gasteiger partial charge in [0, 0.05) is 18.5 Å². The fraction of sp³-hybridized carbons (Fsp3) is 0.394. The Bertz CT molecular complexity index is 1370. The number of nitrogens with one attached hydrogen (secondary N) is 1. The molecule has 0 aliphatic carbocycles. The fourth-order valence-electron chi connectivity index (χ4n) is 6.05. The Labute approximate surface area is 241 Å². The molecular formula is C33H38N2O6. The number of methoxy groups -OCH3 is 1. The van der Waals surface area contributed by atoms with Gasteiger partial charge in [-0.3, -0.25) is 14.5 Å². The normalized spacial score (nSPS) is 20.9. The maximum atomic E-state index is 13.7. The van der Waals surface area contributed by atoms with Gasteiger partial charge in [0.25, 0.3) is 0 Å². The Morgan fingerprint density at radius 2 is 1.68 bits per heavy atom. The van der Waals surface area contributed by atoms with Gasteiger partial charge >= 0.3 is 5.97 Å². The van der Waals surface area contributed by atoms with Crippen molar-refractivity contribution < 1.29 is 28.9 Å². The minimum Gasteiger partial charge on any atom is -0.497 e. The molecule has 8 nitrogen and oxygen atoms in total. The molecule has 2 heterocycles. The minimum absolute atomic E-state index is 0.00802. The summed E-state index contributed by atoms with van der Waals surface area (Å²) in [6.07, 6.45) is 0.766. The van der Waals surface area contributed by atoms with Crippen molar-refractivity contribution in [1.29, 1.82) is 0 Å². The number of aliphatic carboxylic acids is 1. The highest BCUT2D eigenvalue weighted by Crippen LogP contribution is 2.47. The standard InChI is InChI=1S/C33H38N2O6/c1-33(2,3)17-26(21-8-6-5-7-9-21)34-29(36)19-35-18-25(23-12-15-27-28(16-23)41-20-40-27)30(32(37)38)31(35)22-10-13-24(39-4)14-11-22/h5-16,25-26,30-31H,17-20H2,1-4H3,(H,34,36)(H,37,38)/t25-,26?,30-,31+/m0/s1. The zero-order chi connectivity index (χ0) is 29.1. The van der Waals surface area contributed by atoms with Crippen molar-refractivity contribution >= 4 is 11.9 Å². The molecule has 0 aromatic heterocycles. The lowest BCUT2D eigenvalue weighted by atomic mass is 9.82. The third-order valence-corrected chi connectivity index (χ3v) is 7.87. The van der Waals surface area contributed by atoms with Crippen LogP contribution >= 0.6 is 0 Å². The average molecular weight is 559 g/mol. The van der Waals surface area contributed by atoms with E-state index in [0.717, 1.165) is 23.1 Å². The van der Waals surface area contributed by atoms with Crippen LogP contribution in [-0.4, -0.2) is 48.9 Å². The molecule has 2 aliphatic rings. The highest BCUT2D eigenvalue weighted by Gasteiger charge is 2.48. The summed E-state index contributed by atoms with van der Waals surface area (Å²) in [6, 6.07) is 22.3. The van der Waals surface area contributed by atoms with Gasteiger partial charge in [-0.25, -0.2) is 0 Å². The maximum Gasteiger partial charge on any atom is 0.309 e. The summed E-state index contributed by atoms with van der Waals surface area (Å²) < 4.78 is 16.4. The number of carbonyl (C=O) groups excluding carboxylic acids is 1. The van der Waals surface area contributed by atoms with Crippen LogP contribution in [0.2, 0.25) is 0 Å². The summed E-state index contributed by atoms with van der Waals surface area (Å²) in [6.45, 7) is 7.07. The van der Waals surface area contributed by atoms with Crippen LogP contribution in [0.5, 0.6) is 17.2 Å². The third kappa shape index (κ3) is 6.49. The topological polar surface area (TPSA) is 97.3 Å². The number of ether oxygens (including phenoxy) is 3. The smallest absolute Gasteiger partial charge is 0.309 e. The predicted molar refractivity (Wildman–Crippen MR) is 155 cm³/mol. The quantitative estimate of drug-likeness (QED) is 0.355. The van der Waals surface area contributed by atoms with Crippen LogP contribution in [0, 0.1) is 11.3 Å². The van der Waals surface area contributed by atoms with Crippen LogP contribution in [0.25, 0.3) is 0 Å². The van der Waals surface area contributed by atoms with Crippen molar-refractivity contribution in [2.45, 2.75) is 45.2 Å². The van der Waals surface area contributed by atoms with Crippen molar-refractivity contribution in [3.63, 3.8) is 0 Å². The second-order valence-corrected chi connectivity index (χ2v) is 12.0. The van der Waals surface area contributed by atoms with E-state index in [1.165, 1.54) is 0 Å². The molecular weight excluding hydrogens is 520 g/mol. The maximum absolute atomic E-state index is 13.7. The van der Waals surface area contributed by atoms with Gasteiger partial charge in [-0.1, -0.05) is 69.3 Å². The summed E-state index contributed by atoms with van der Waals surface area (Å²) in [7, 11) is 1.59. The number of nitrogens with zero attached hydrogens (tertiary/aromatic N) is 1. The van der Waals surface area contributed by atoms with E-state index in [-0.39, 0.29) is 36.6 Å². The van der Waals surface area contributed by atoms with E-state index in [1.54, 1.807) is 7.11 Å². The Morgan fingerprint density at radius 3 is 2.34 bits per heavy atom. The molecule has 0 bridgehead atoms. The Balaban J connectivity index is 1.45. The lowest BCUT2D eigenvalue weighted by Gasteiger charge is -2.30. The second-order valence-electron chi connectivity index (χ2n) is 12.0. The number of carboxylic acid groups (broad SMARTS) is 1. The molecule has 1 amide bonds. The van der Waals surface area contributed by atoms with Crippen LogP contribution in [0.15, 0.2) is 72.8 Å². The number of amides is 1. The van der Waals surface area contributed by atoms with Crippen molar-refractivity contribution in [2.75, 3.05) is 27.0 Å². The summed E-state index contributed by atoms with van der Waals surface area (Å²) >= 11 is 0. The van der Waals surface area contributed by atoms with Crippen molar-refractivity contribution in [2.24, 2.45) is 11.3 Å². The van der Waals surface area contributed by atoms with E-state index < -0.39 is 17.9 Å². The summed E-state index contributed by atoms with van der Waals surface area (Å²) in [5.41, 5.74) is 2.71. The van der Waals surface area contributed by atoms with Crippen LogP contribution in [0.1, 0.15) is 61.9 Å². The van der Waals surface area contributed by atoms with Crippen LogP contribution in [-0.2, 0) is 9.59 Å². The van der Waals surface area contributed by atoms with Crippen LogP contribution in [0.4, 0.5) is 0 Å². The van der Waals surface area contributed by atoms with E-state index in [4.69, 9.17) is 14.2 Å². The number of rotatable bonds is 9. The SMILES string of the molecule is COc1ccc([C@@H]2[C@@H](C(=O)O)[C@H](c3ccc4c(c3)OCO4)CN2CC(=O)NC(CC(C)(C)C)c2ccccc2)cc1. The van der Waals surface area contributed by atoms with E-state index >= 15 is 0 Å². The van der Waals surface area contributed by atoms with Crippen LogP contribution < -0.4 is 19.5 Å². The van der Waals surface area contributed by atoms with E-state index in [1.807, 2.05) is 77.7 Å². The van der Waals surface area contributed by atoms with Gasteiger partial charge in [0.05, 0.1) is 25.6 Å². The first kappa shape index (κ1) is 28.5. The average Bonchev–Trinajstić information content (AvgIpc) is 3.57.